The predicted molar refractivity (Wildman–Crippen MR) is 100 cm³/mol. The Morgan fingerprint density at radius 3 is 2.66 bits per heavy atom. The number of piperidine rings is 1. The van der Waals surface area contributed by atoms with Crippen molar-refractivity contribution in [3.8, 4) is 5.88 Å². The third-order valence-corrected chi connectivity index (χ3v) is 5.93. The maximum absolute atomic E-state index is 13.6. The predicted octanol–water partition coefficient (Wildman–Crippen LogP) is 3.97. The van der Waals surface area contributed by atoms with Gasteiger partial charge in [0, 0.05) is 43.4 Å². The highest BCUT2D eigenvalue weighted by Crippen LogP contribution is 2.40. The molecule has 0 spiro atoms. The number of fused-ring (bicyclic) bond motifs is 1. The summed E-state index contributed by atoms with van der Waals surface area (Å²) in [6.07, 6.45) is -5.58. The van der Waals surface area contributed by atoms with E-state index in [1.165, 1.54) is 17.3 Å². The lowest BCUT2D eigenvalue weighted by molar-refractivity contribution is -0.136. The average Bonchev–Trinajstić information content (AvgIpc) is 3.02. The molecule has 3 rings (SSSR count). The lowest BCUT2D eigenvalue weighted by Crippen LogP contribution is -2.54. The van der Waals surface area contributed by atoms with Gasteiger partial charge < -0.3 is 20.1 Å². The Morgan fingerprint density at radius 1 is 1.41 bits per heavy atom. The van der Waals surface area contributed by atoms with Gasteiger partial charge in [-0.3, -0.25) is 4.79 Å². The number of carbonyl (C=O) groups excluding carboxylic acids is 1. The Labute approximate surface area is 168 Å². The molecule has 29 heavy (non-hydrogen) atoms. The van der Waals surface area contributed by atoms with Gasteiger partial charge in [-0.05, 0) is 13.8 Å². The van der Waals surface area contributed by atoms with Crippen LogP contribution in [0.2, 0.25) is 0 Å². The van der Waals surface area contributed by atoms with Crippen LogP contribution < -0.4 is 10.1 Å². The number of nitrogens with zero attached hydrogens (tertiary/aromatic N) is 2. The van der Waals surface area contributed by atoms with E-state index in [0.29, 0.717) is 12.8 Å². The van der Waals surface area contributed by atoms with Gasteiger partial charge in [0.1, 0.15) is 6.10 Å². The van der Waals surface area contributed by atoms with Crippen molar-refractivity contribution in [3.05, 3.63) is 22.6 Å². The summed E-state index contributed by atoms with van der Waals surface area (Å²) < 4.78 is 46.4. The van der Waals surface area contributed by atoms with E-state index in [9.17, 15) is 27.9 Å². The van der Waals surface area contributed by atoms with Crippen LogP contribution in [0.4, 0.5) is 18.0 Å². The monoisotopic (exact) mass is 431 g/mol. The summed E-state index contributed by atoms with van der Waals surface area (Å²) in [5.74, 6) is -0.775. The molecule has 2 aromatic heterocycles. The Morgan fingerprint density at radius 2 is 2.10 bits per heavy atom. The van der Waals surface area contributed by atoms with Crippen LogP contribution in [-0.2, 0) is 6.18 Å². The van der Waals surface area contributed by atoms with Crippen LogP contribution in [0.25, 0.3) is 10.2 Å². The number of likely N-dealkylation sites (tertiary alicyclic amines) is 1. The number of thiophene rings is 1. The molecule has 11 heteroatoms. The maximum Gasteiger partial charge on any atom is 0.418 e. The minimum absolute atomic E-state index is 0.0458. The van der Waals surface area contributed by atoms with Gasteiger partial charge in [-0.2, -0.15) is 13.2 Å². The molecule has 3 heterocycles. The summed E-state index contributed by atoms with van der Waals surface area (Å²) in [5.41, 5.74) is -1.67. The van der Waals surface area contributed by atoms with E-state index in [0.717, 1.165) is 17.4 Å². The van der Waals surface area contributed by atoms with Crippen LogP contribution in [0.3, 0.4) is 0 Å². The third kappa shape index (κ3) is 4.09. The summed E-state index contributed by atoms with van der Waals surface area (Å²) in [4.78, 5) is 28.8. The molecule has 2 N–H and O–H groups in total. The van der Waals surface area contributed by atoms with Gasteiger partial charge in [0.15, 0.2) is 0 Å². The summed E-state index contributed by atoms with van der Waals surface area (Å²) >= 11 is 0.798. The second-order valence-electron chi connectivity index (χ2n) is 7.39. The van der Waals surface area contributed by atoms with E-state index in [2.05, 4.69) is 10.3 Å². The van der Waals surface area contributed by atoms with Gasteiger partial charge >= 0.3 is 12.3 Å². The number of aromatic nitrogens is 1. The zero-order valence-corrected chi connectivity index (χ0v) is 16.8. The average molecular weight is 431 g/mol. The standard InChI is InChI=1S/C18H20F3N3O4S/c1-17(2)7-9(4-5-24(17)16(26)27)28-12-6-11(18(19,20)21)14-13(23-12)10(8-29-14)15(25)22-3/h6,8-9H,4-5,7H2,1-3H3,(H,22,25)(H,26,27). The molecule has 0 aromatic carbocycles. The smallest absolute Gasteiger partial charge is 0.418 e. The molecule has 0 radical (unpaired) electrons. The summed E-state index contributed by atoms with van der Waals surface area (Å²) in [6, 6.07) is 0.836. The number of ether oxygens (including phenoxy) is 1. The lowest BCUT2D eigenvalue weighted by Gasteiger charge is -2.43. The molecule has 1 aliphatic heterocycles. The van der Waals surface area contributed by atoms with Gasteiger partial charge in [-0.25, -0.2) is 9.78 Å². The van der Waals surface area contributed by atoms with Crippen molar-refractivity contribution in [1.29, 1.82) is 0 Å². The van der Waals surface area contributed by atoms with Crippen molar-refractivity contribution in [2.75, 3.05) is 13.6 Å². The Bertz CT molecular complexity index is 958. The highest BCUT2D eigenvalue weighted by molar-refractivity contribution is 7.17. The summed E-state index contributed by atoms with van der Waals surface area (Å²) in [6.45, 7) is 3.66. The molecular formula is C18H20F3N3O4S. The number of nitrogens with one attached hydrogen (secondary N) is 1. The second kappa shape index (κ2) is 7.36. The van der Waals surface area contributed by atoms with Crippen molar-refractivity contribution in [2.45, 2.75) is 44.5 Å². The Balaban J connectivity index is 1.97. The van der Waals surface area contributed by atoms with Crippen molar-refractivity contribution < 1.29 is 32.6 Å². The normalized spacial score (nSPS) is 19.2. The number of hydrogen-bond acceptors (Lipinski definition) is 5. The first-order valence-electron chi connectivity index (χ1n) is 8.83. The largest absolute Gasteiger partial charge is 0.474 e. The van der Waals surface area contributed by atoms with Crippen LogP contribution in [-0.4, -0.2) is 52.2 Å². The second-order valence-corrected chi connectivity index (χ2v) is 8.27. The van der Waals surface area contributed by atoms with E-state index >= 15 is 0 Å². The first-order chi connectivity index (χ1) is 13.4. The number of carboxylic acid groups (broad SMARTS) is 1. The molecular weight excluding hydrogens is 411 g/mol. The molecule has 0 aliphatic carbocycles. The molecule has 1 aliphatic rings. The van der Waals surface area contributed by atoms with Gasteiger partial charge in [0.2, 0.25) is 5.88 Å². The molecule has 1 atom stereocenters. The van der Waals surface area contributed by atoms with Gasteiger partial charge in [0.25, 0.3) is 5.91 Å². The van der Waals surface area contributed by atoms with Gasteiger partial charge in [-0.15, -0.1) is 11.3 Å². The number of rotatable bonds is 3. The highest BCUT2D eigenvalue weighted by Gasteiger charge is 2.40. The zero-order chi connectivity index (χ0) is 21.6. The molecule has 7 nitrogen and oxygen atoms in total. The first kappa shape index (κ1) is 21.2. The summed E-state index contributed by atoms with van der Waals surface area (Å²) in [5, 5.41) is 13.0. The summed E-state index contributed by atoms with van der Waals surface area (Å²) in [7, 11) is 1.38. The van der Waals surface area contributed by atoms with Crippen LogP contribution in [0.1, 0.15) is 42.6 Å². The number of halogens is 3. The van der Waals surface area contributed by atoms with Gasteiger partial charge in [-0.1, -0.05) is 0 Å². The van der Waals surface area contributed by atoms with Crippen molar-refractivity contribution in [3.63, 3.8) is 0 Å². The molecule has 158 valence electrons. The van der Waals surface area contributed by atoms with E-state index in [-0.39, 0.29) is 28.2 Å². The van der Waals surface area contributed by atoms with Crippen molar-refractivity contribution in [1.82, 2.24) is 15.2 Å². The number of amides is 2. The number of carbonyl (C=O) groups is 2. The SMILES string of the molecule is CNC(=O)c1csc2c(C(F)(F)F)cc(OC3CCN(C(=O)O)C(C)(C)C3)nc12. The van der Waals surface area contributed by atoms with Crippen LogP contribution in [0, 0.1) is 0 Å². The van der Waals surface area contributed by atoms with Crippen molar-refractivity contribution >= 4 is 33.6 Å². The van der Waals surface area contributed by atoms with E-state index in [1.54, 1.807) is 13.8 Å². The van der Waals surface area contributed by atoms with E-state index in [1.807, 2.05) is 0 Å². The first-order valence-corrected chi connectivity index (χ1v) is 9.70. The minimum Gasteiger partial charge on any atom is -0.474 e. The number of alkyl halides is 3. The third-order valence-electron chi connectivity index (χ3n) is 4.93. The molecule has 2 amide bonds. The van der Waals surface area contributed by atoms with Crippen LogP contribution in [0.15, 0.2) is 11.4 Å². The molecule has 1 unspecified atom stereocenters. The Hall–Kier alpha value is -2.56. The van der Waals surface area contributed by atoms with Gasteiger partial charge in [0.05, 0.1) is 21.3 Å². The fourth-order valence-corrected chi connectivity index (χ4v) is 4.55. The quantitative estimate of drug-likeness (QED) is 0.767. The number of hydrogen-bond donors (Lipinski definition) is 2. The minimum atomic E-state index is -4.64. The van der Waals surface area contributed by atoms with Crippen molar-refractivity contribution in [2.24, 2.45) is 0 Å². The van der Waals surface area contributed by atoms with Crippen LogP contribution >= 0.6 is 11.3 Å². The maximum atomic E-state index is 13.6. The molecule has 2 aromatic rings. The topological polar surface area (TPSA) is 91.8 Å². The van der Waals surface area contributed by atoms with E-state index in [4.69, 9.17) is 4.74 Å². The highest BCUT2D eigenvalue weighted by atomic mass is 32.1. The molecule has 1 fully saturated rings. The van der Waals surface area contributed by atoms with Crippen LogP contribution in [0.5, 0.6) is 5.88 Å². The zero-order valence-electron chi connectivity index (χ0n) is 16.0. The number of pyridine rings is 1. The fraction of sp³-hybridized carbons (Fsp3) is 0.500. The molecule has 0 bridgehead atoms. The molecule has 1 saturated heterocycles. The fourth-order valence-electron chi connectivity index (χ4n) is 3.52. The van der Waals surface area contributed by atoms with E-state index < -0.39 is 35.4 Å². The lowest BCUT2D eigenvalue weighted by atomic mass is 9.89. The Kier molecular flexibility index (Phi) is 5.37. The molecule has 0 saturated carbocycles.